The second-order valence-electron chi connectivity index (χ2n) is 4.51. The summed E-state index contributed by atoms with van der Waals surface area (Å²) >= 11 is 5.22. The Morgan fingerprint density at radius 1 is 1.21 bits per heavy atom. The Balaban J connectivity index is 1.95. The van der Waals surface area contributed by atoms with Crippen molar-refractivity contribution >= 4 is 27.3 Å². The smallest absolute Gasteiger partial charge is 0.204 e. The summed E-state index contributed by atoms with van der Waals surface area (Å²) in [6.45, 7) is 3.46. The second-order valence-corrected chi connectivity index (χ2v) is 6.34. The lowest BCUT2D eigenvalue weighted by molar-refractivity contribution is -0.164. The summed E-state index contributed by atoms with van der Waals surface area (Å²) in [7, 11) is 0. The summed E-state index contributed by atoms with van der Waals surface area (Å²) in [5.74, 6) is -0.519. The molecule has 0 bridgehead atoms. The molecule has 0 spiro atoms. The van der Waals surface area contributed by atoms with Crippen molar-refractivity contribution in [3.05, 3.63) is 45.1 Å². The van der Waals surface area contributed by atoms with Gasteiger partial charge in [-0.15, -0.1) is 11.3 Å². The van der Waals surface area contributed by atoms with E-state index in [1.54, 1.807) is 11.3 Å². The number of hydrogen-bond acceptors (Lipinski definition) is 3. The van der Waals surface area contributed by atoms with Crippen molar-refractivity contribution in [2.24, 2.45) is 0 Å². The molecule has 0 unspecified atom stereocenters. The van der Waals surface area contributed by atoms with Gasteiger partial charge in [0.25, 0.3) is 0 Å². The van der Waals surface area contributed by atoms with Crippen molar-refractivity contribution in [2.75, 3.05) is 13.2 Å². The molecule has 1 aromatic heterocycles. The van der Waals surface area contributed by atoms with Crippen LogP contribution in [0.1, 0.15) is 18.2 Å². The lowest BCUT2D eigenvalue weighted by atomic mass is 10.1. The monoisotopic (exact) mass is 338 g/mol. The first kappa shape index (κ1) is 13.3. The van der Waals surface area contributed by atoms with E-state index in [1.807, 2.05) is 6.07 Å². The standard InChI is InChI=1S/C15H15BrO2S/c1-2-15(17-6-7-18-15)14-9-12(10-19-14)11-4-3-5-13(16)8-11/h3-5,8-10H,2,6-7H2,1H3. The van der Waals surface area contributed by atoms with Gasteiger partial charge in [0, 0.05) is 10.9 Å². The van der Waals surface area contributed by atoms with Crippen LogP contribution in [0.4, 0.5) is 0 Å². The predicted molar refractivity (Wildman–Crippen MR) is 81.3 cm³/mol. The van der Waals surface area contributed by atoms with Crippen LogP contribution in [-0.2, 0) is 15.3 Å². The number of halogens is 1. The Labute approximate surface area is 125 Å². The molecule has 0 aliphatic carbocycles. The Kier molecular flexibility index (Phi) is 3.76. The van der Waals surface area contributed by atoms with Crippen molar-refractivity contribution in [1.29, 1.82) is 0 Å². The highest BCUT2D eigenvalue weighted by molar-refractivity contribution is 9.10. The second kappa shape index (κ2) is 5.37. The fourth-order valence-corrected chi connectivity index (χ4v) is 3.82. The minimum atomic E-state index is -0.519. The lowest BCUT2D eigenvalue weighted by Gasteiger charge is -2.24. The van der Waals surface area contributed by atoms with Gasteiger partial charge < -0.3 is 9.47 Å². The molecule has 4 heteroatoms. The molecule has 19 heavy (non-hydrogen) atoms. The zero-order valence-electron chi connectivity index (χ0n) is 10.7. The summed E-state index contributed by atoms with van der Waals surface area (Å²) < 4.78 is 12.7. The number of thiophene rings is 1. The third kappa shape index (κ3) is 2.50. The van der Waals surface area contributed by atoms with Crippen LogP contribution >= 0.6 is 27.3 Å². The van der Waals surface area contributed by atoms with Gasteiger partial charge in [-0.25, -0.2) is 0 Å². The van der Waals surface area contributed by atoms with E-state index < -0.39 is 5.79 Å². The van der Waals surface area contributed by atoms with E-state index in [-0.39, 0.29) is 0 Å². The maximum atomic E-state index is 5.83. The molecule has 1 fully saturated rings. The van der Waals surface area contributed by atoms with Gasteiger partial charge in [-0.2, -0.15) is 0 Å². The highest BCUT2D eigenvalue weighted by atomic mass is 79.9. The highest BCUT2D eigenvalue weighted by Gasteiger charge is 2.38. The fraction of sp³-hybridized carbons (Fsp3) is 0.333. The molecule has 0 N–H and O–H groups in total. The first-order valence-corrected chi connectivity index (χ1v) is 8.04. The van der Waals surface area contributed by atoms with Crippen LogP contribution in [0.15, 0.2) is 40.2 Å². The summed E-state index contributed by atoms with van der Waals surface area (Å²) in [4.78, 5) is 1.16. The third-order valence-electron chi connectivity index (χ3n) is 3.35. The Morgan fingerprint density at radius 3 is 2.68 bits per heavy atom. The molecule has 2 heterocycles. The molecule has 1 aliphatic rings. The average Bonchev–Trinajstić information content (AvgIpc) is 3.08. The molecule has 0 saturated carbocycles. The largest absolute Gasteiger partial charge is 0.343 e. The molecule has 0 radical (unpaired) electrons. The molecular weight excluding hydrogens is 324 g/mol. The molecule has 100 valence electrons. The Morgan fingerprint density at radius 2 is 2.00 bits per heavy atom. The van der Waals surface area contributed by atoms with Gasteiger partial charge in [0.15, 0.2) is 0 Å². The van der Waals surface area contributed by atoms with Crippen molar-refractivity contribution in [3.63, 3.8) is 0 Å². The van der Waals surface area contributed by atoms with Gasteiger partial charge in [0.2, 0.25) is 5.79 Å². The maximum Gasteiger partial charge on any atom is 0.204 e. The summed E-state index contributed by atoms with van der Waals surface area (Å²) in [5, 5.41) is 2.17. The Bertz CT molecular complexity index is 573. The topological polar surface area (TPSA) is 18.5 Å². The highest BCUT2D eigenvalue weighted by Crippen LogP contribution is 2.40. The normalized spacial score (nSPS) is 17.8. The van der Waals surface area contributed by atoms with Crippen LogP contribution in [0.5, 0.6) is 0 Å². The van der Waals surface area contributed by atoms with Crippen molar-refractivity contribution in [1.82, 2.24) is 0 Å². The van der Waals surface area contributed by atoms with Gasteiger partial charge >= 0.3 is 0 Å². The summed E-state index contributed by atoms with van der Waals surface area (Å²) in [6, 6.07) is 10.5. The van der Waals surface area contributed by atoms with Crippen LogP contribution < -0.4 is 0 Å². The van der Waals surface area contributed by atoms with Crippen molar-refractivity contribution < 1.29 is 9.47 Å². The van der Waals surface area contributed by atoms with Crippen LogP contribution in [0.25, 0.3) is 11.1 Å². The molecule has 2 nitrogen and oxygen atoms in total. The van der Waals surface area contributed by atoms with Crippen LogP contribution in [0, 0.1) is 0 Å². The number of hydrogen-bond donors (Lipinski definition) is 0. The van der Waals surface area contributed by atoms with Crippen LogP contribution in [0.3, 0.4) is 0 Å². The van der Waals surface area contributed by atoms with Crippen LogP contribution in [-0.4, -0.2) is 13.2 Å². The lowest BCUT2D eigenvalue weighted by Crippen LogP contribution is -2.24. The van der Waals surface area contributed by atoms with E-state index in [0.29, 0.717) is 13.2 Å². The number of benzene rings is 1. The number of rotatable bonds is 3. The van der Waals surface area contributed by atoms with Crippen LogP contribution in [0.2, 0.25) is 0 Å². The minimum absolute atomic E-state index is 0.519. The molecule has 1 aromatic carbocycles. The van der Waals surface area contributed by atoms with Gasteiger partial charge in [-0.3, -0.25) is 0 Å². The first-order valence-electron chi connectivity index (χ1n) is 6.36. The van der Waals surface area contributed by atoms with E-state index in [9.17, 15) is 0 Å². The molecule has 3 rings (SSSR count). The molecule has 0 atom stereocenters. The molecule has 0 amide bonds. The molecule has 1 saturated heterocycles. The molecular formula is C15H15BrO2S. The first-order chi connectivity index (χ1) is 9.23. The van der Waals surface area contributed by atoms with Crippen molar-refractivity contribution in [3.8, 4) is 11.1 Å². The zero-order chi connectivity index (χ0) is 13.3. The predicted octanol–water partition coefficient (Wildman–Crippen LogP) is 4.79. The van der Waals surface area contributed by atoms with Gasteiger partial charge in [-0.1, -0.05) is 35.0 Å². The van der Waals surface area contributed by atoms with E-state index in [4.69, 9.17) is 9.47 Å². The Hall–Kier alpha value is -0.680. The van der Waals surface area contributed by atoms with E-state index in [2.05, 4.69) is 52.5 Å². The van der Waals surface area contributed by atoms with Crippen molar-refractivity contribution in [2.45, 2.75) is 19.1 Å². The zero-order valence-corrected chi connectivity index (χ0v) is 13.1. The van der Waals surface area contributed by atoms with Gasteiger partial charge in [0.1, 0.15) is 0 Å². The van der Waals surface area contributed by atoms with E-state index in [1.165, 1.54) is 11.1 Å². The molecule has 1 aliphatic heterocycles. The average molecular weight is 339 g/mol. The maximum absolute atomic E-state index is 5.83. The number of ether oxygens (including phenoxy) is 2. The van der Waals surface area contributed by atoms with E-state index in [0.717, 1.165) is 15.8 Å². The summed E-state index contributed by atoms with van der Waals surface area (Å²) in [6.07, 6.45) is 0.839. The SMILES string of the molecule is CCC1(c2cc(-c3cccc(Br)c3)cs2)OCCO1. The quantitative estimate of drug-likeness (QED) is 0.801. The van der Waals surface area contributed by atoms with E-state index >= 15 is 0 Å². The fourth-order valence-electron chi connectivity index (χ4n) is 2.33. The molecule has 2 aromatic rings. The summed E-state index contributed by atoms with van der Waals surface area (Å²) in [5.41, 5.74) is 2.43. The third-order valence-corrected chi connectivity index (χ3v) is 4.90. The van der Waals surface area contributed by atoms with Gasteiger partial charge in [-0.05, 0) is 34.7 Å². The van der Waals surface area contributed by atoms with Gasteiger partial charge in [0.05, 0.1) is 18.1 Å². The minimum Gasteiger partial charge on any atom is -0.343 e.